The van der Waals surface area contributed by atoms with Crippen LogP contribution in [0.25, 0.3) is 10.9 Å². The molecule has 112 valence electrons. The van der Waals surface area contributed by atoms with Gasteiger partial charge in [-0.3, -0.25) is 9.79 Å². The van der Waals surface area contributed by atoms with Crippen LogP contribution in [0, 0.1) is 0 Å². The van der Waals surface area contributed by atoms with Crippen molar-refractivity contribution >= 4 is 17.1 Å². The van der Waals surface area contributed by atoms with Gasteiger partial charge < -0.3 is 10.1 Å². The molecule has 4 nitrogen and oxygen atoms in total. The van der Waals surface area contributed by atoms with Gasteiger partial charge in [0.1, 0.15) is 5.75 Å². The van der Waals surface area contributed by atoms with E-state index < -0.39 is 17.3 Å². The van der Waals surface area contributed by atoms with Crippen molar-refractivity contribution in [2.45, 2.75) is 26.1 Å². The van der Waals surface area contributed by atoms with E-state index in [1.807, 2.05) is 0 Å². The lowest BCUT2D eigenvalue weighted by Gasteiger charge is -2.09. The summed E-state index contributed by atoms with van der Waals surface area (Å²) in [7, 11) is 0. The smallest absolute Gasteiger partial charge is 0.416 e. The highest BCUT2D eigenvalue weighted by atomic mass is 19.4. The number of hydrogen-bond donors (Lipinski definition) is 2. The number of nitrogens with one attached hydrogen (secondary N) is 1. The second kappa shape index (κ2) is 5.23. The van der Waals surface area contributed by atoms with Gasteiger partial charge in [0.05, 0.1) is 16.6 Å². The summed E-state index contributed by atoms with van der Waals surface area (Å²) >= 11 is 0. The van der Waals surface area contributed by atoms with Crippen LogP contribution in [0.3, 0.4) is 0 Å². The number of aromatic amines is 1. The molecule has 1 aromatic heterocycles. The van der Waals surface area contributed by atoms with E-state index in [9.17, 15) is 23.1 Å². The van der Waals surface area contributed by atoms with E-state index in [4.69, 9.17) is 0 Å². The molecule has 0 saturated carbocycles. The number of alkyl halides is 3. The summed E-state index contributed by atoms with van der Waals surface area (Å²) in [6, 6.07) is 2.69. The minimum atomic E-state index is -4.52. The Kier molecular flexibility index (Phi) is 3.76. The summed E-state index contributed by atoms with van der Waals surface area (Å²) < 4.78 is 37.9. The van der Waals surface area contributed by atoms with Gasteiger partial charge in [-0.15, -0.1) is 0 Å². The lowest BCUT2D eigenvalue weighted by molar-refractivity contribution is -0.137. The van der Waals surface area contributed by atoms with Crippen LogP contribution in [0.15, 0.2) is 28.0 Å². The zero-order valence-electron chi connectivity index (χ0n) is 11.3. The molecule has 2 rings (SSSR count). The molecule has 0 bridgehead atoms. The Morgan fingerprint density at radius 3 is 2.57 bits per heavy atom. The molecule has 0 aliphatic carbocycles. The number of benzene rings is 1. The normalized spacial score (nSPS) is 12.7. The van der Waals surface area contributed by atoms with Gasteiger partial charge in [0.25, 0.3) is 5.56 Å². The Morgan fingerprint density at radius 2 is 2.00 bits per heavy atom. The highest BCUT2D eigenvalue weighted by molar-refractivity contribution is 5.94. The van der Waals surface area contributed by atoms with Gasteiger partial charge in [-0.25, -0.2) is 0 Å². The van der Waals surface area contributed by atoms with E-state index in [0.29, 0.717) is 0 Å². The maximum Gasteiger partial charge on any atom is 0.416 e. The summed E-state index contributed by atoms with van der Waals surface area (Å²) in [5, 5.41) is 10.2. The summed E-state index contributed by atoms with van der Waals surface area (Å²) in [5.74, 6) is -0.383. The minimum Gasteiger partial charge on any atom is -0.506 e. The average Bonchev–Trinajstić information content (AvgIpc) is 2.36. The van der Waals surface area contributed by atoms with E-state index in [-0.39, 0.29) is 28.3 Å². The molecule has 1 heterocycles. The number of fused-ring (bicyclic) bond motifs is 1. The Labute approximate surface area is 118 Å². The number of rotatable bonds is 2. The highest BCUT2D eigenvalue weighted by Gasteiger charge is 2.30. The van der Waals surface area contributed by atoms with Gasteiger partial charge in [0, 0.05) is 17.6 Å². The van der Waals surface area contributed by atoms with Crippen molar-refractivity contribution in [3.8, 4) is 5.75 Å². The molecule has 2 aromatic rings. The zero-order valence-corrected chi connectivity index (χ0v) is 11.3. The number of aromatic hydroxyl groups is 1. The maximum absolute atomic E-state index is 12.6. The third-order valence-electron chi connectivity index (χ3n) is 2.85. The number of H-pyrrole nitrogens is 1. The van der Waals surface area contributed by atoms with Crippen LogP contribution in [0.1, 0.15) is 25.0 Å². The van der Waals surface area contributed by atoms with E-state index in [1.54, 1.807) is 13.8 Å². The lowest BCUT2D eigenvalue weighted by atomic mass is 10.1. The van der Waals surface area contributed by atoms with Crippen LogP contribution in [-0.2, 0) is 6.18 Å². The molecule has 21 heavy (non-hydrogen) atoms. The van der Waals surface area contributed by atoms with E-state index in [1.165, 1.54) is 6.21 Å². The number of pyridine rings is 1. The molecule has 0 saturated heterocycles. The average molecular weight is 298 g/mol. The molecule has 0 aliphatic rings. The molecule has 0 unspecified atom stereocenters. The predicted molar refractivity (Wildman–Crippen MR) is 74.0 cm³/mol. The van der Waals surface area contributed by atoms with E-state index in [2.05, 4.69) is 9.98 Å². The van der Waals surface area contributed by atoms with Crippen molar-refractivity contribution in [3.05, 3.63) is 39.7 Å². The first-order valence-electron chi connectivity index (χ1n) is 6.19. The standard InChI is InChI=1S/C14H13F3N2O2/c1-7(2)18-6-10-12(20)9-4-3-8(14(15,16)17)5-11(9)19-13(10)21/h3-7H,1-2H3,(H2,19,20,21). The topological polar surface area (TPSA) is 65.5 Å². The van der Waals surface area contributed by atoms with Crippen molar-refractivity contribution in [1.29, 1.82) is 0 Å². The number of halogens is 3. The van der Waals surface area contributed by atoms with Gasteiger partial charge in [-0.2, -0.15) is 13.2 Å². The second-order valence-electron chi connectivity index (χ2n) is 4.85. The van der Waals surface area contributed by atoms with Gasteiger partial charge >= 0.3 is 6.18 Å². The number of aromatic nitrogens is 1. The number of hydrogen-bond acceptors (Lipinski definition) is 3. The zero-order chi connectivity index (χ0) is 15.8. The van der Waals surface area contributed by atoms with Crippen molar-refractivity contribution < 1.29 is 18.3 Å². The largest absolute Gasteiger partial charge is 0.506 e. The summed E-state index contributed by atoms with van der Waals surface area (Å²) in [6.07, 6.45) is -3.30. The highest BCUT2D eigenvalue weighted by Crippen LogP contribution is 2.33. The first-order chi connectivity index (χ1) is 9.70. The molecule has 0 atom stereocenters. The second-order valence-corrected chi connectivity index (χ2v) is 4.85. The first kappa shape index (κ1) is 15.1. The summed E-state index contributed by atoms with van der Waals surface area (Å²) in [4.78, 5) is 18.2. The molecule has 0 fully saturated rings. The Hall–Kier alpha value is -2.31. The van der Waals surface area contributed by atoms with Crippen molar-refractivity contribution in [1.82, 2.24) is 4.98 Å². The fraction of sp³-hybridized carbons (Fsp3) is 0.286. The molecule has 1 aromatic carbocycles. The summed E-state index contributed by atoms with van der Waals surface area (Å²) in [5.41, 5.74) is -1.73. The number of aliphatic imine (C=N–C) groups is 1. The van der Waals surface area contributed by atoms with Gasteiger partial charge in [-0.1, -0.05) is 0 Å². The van der Waals surface area contributed by atoms with Crippen LogP contribution in [0.4, 0.5) is 13.2 Å². The first-order valence-corrected chi connectivity index (χ1v) is 6.19. The van der Waals surface area contributed by atoms with Crippen LogP contribution < -0.4 is 5.56 Å². The van der Waals surface area contributed by atoms with E-state index >= 15 is 0 Å². The van der Waals surface area contributed by atoms with Crippen LogP contribution in [0.2, 0.25) is 0 Å². The Balaban J connectivity index is 2.66. The molecular formula is C14H13F3N2O2. The van der Waals surface area contributed by atoms with Gasteiger partial charge in [0.15, 0.2) is 0 Å². The summed E-state index contributed by atoms with van der Waals surface area (Å²) in [6.45, 7) is 3.58. The van der Waals surface area contributed by atoms with Gasteiger partial charge in [0.2, 0.25) is 0 Å². The number of nitrogens with zero attached hydrogens (tertiary/aromatic N) is 1. The lowest BCUT2D eigenvalue weighted by Crippen LogP contribution is -2.14. The van der Waals surface area contributed by atoms with E-state index in [0.717, 1.165) is 18.2 Å². The fourth-order valence-electron chi connectivity index (χ4n) is 1.82. The van der Waals surface area contributed by atoms with Crippen molar-refractivity contribution in [2.24, 2.45) is 4.99 Å². The Bertz CT molecular complexity index is 761. The Morgan fingerprint density at radius 1 is 1.33 bits per heavy atom. The molecule has 0 radical (unpaired) electrons. The fourth-order valence-corrected chi connectivity index (χ4v) is 1.82. The van der Waals surface area contributed by atoms with Gasteiger partial charge in [-0.05, 0) is 32.0 Å². The molecule has 0 spiro atoms. The van der Waals surface area contributed by atoms with Crippen LogP contribution >= 0.6 is 0 Å². The van der Waals surface area contributed by atoms with Crippen molar-refractivity contribution in [3.63, 3.8) is 0 Å². The SMILES string of the molecule is CC(C)N=Cc1c(O)c2ccc(C(F)(F)F)cc2[nH]c1=O. The van der Waals surface area contributed by atoms with Crippen LogP contribution in [0.5, 0.6) is 5.75 Å². The molecule has 2 N–H and O–H groups in total. The molecular weight excluding hydrogens is 285 g/mol. The monoisotopic (exact) mass is 298 g/mol. The maximum atomic E-state index is 12.6. The molecule has 0 amide bonds. The third-order valence-corrected chi connectivity index (χ3v) is 2.85. The predicted octanol–water partition coefficient (Wildman–Crippen LogP) is 3.08. The third kappa shape index (κ3) is 3.07. The minimum absolute atomic E-state index is 0.0732. The van der Waals surface area contributed by atoms with Crippen molar-refractivity contribution in [2.75, 3.05) is 0 Å². The quantitative estimate of drug-likeness (QED) is 0.837. The molecule has 0 aliphatic heterocycles. The van der Waals surface area contributed by atoms with Crippen LogP contribution in [-0.4, -0.2) is 22.3 Å². The molecule has 7 heteroatoms.